The van der Waals surface area contributed by atoms with E-state index in [1.807, 2.05) is 0 Å². The molecule has 0 radical (unpaired) electrons. The number of aromatic carboxylic acids is 1. The van der Waals surface area contributed by atoms with Crippen LogP contribution in [0.1, 0.15) is 36.5 Å². The van der Waals surface area contributed by atoms with Crippen LogP contribution in [-0.4, -0.2) is 23.0 Å². The van der Waals surface area contributed by atoms with Crippen LogP contribution >= 0.6 is 0 Å². The summed E-state index contributed by atoms with van der Waals surface area (Å²) in [5.41, 5.74) is 5.04. The first-order chi connectivity index (χ1) is 9.34. The number of rotatable bonds is 3. The summed E-state index contributed by atoms with van der Waals surface area (Å²) in [5, 5.41) is 11.3. The molecule has 1 aromatic carbocycles. The van der Waals surface area contributed by atoms with E-state index in [-0.39, 0.29) is 23.2 Å². The molecule has 6 heteroatoms. The van der Waals surface area contributed by atoms with Gasteiger partial charge in [-0.15, -0.1) is 0 Å². The Labute approximate surface area is 116 Å². The first-order valence-electron chi connectivity index (χ1n) is 6.44. The van der Waals surface area contributed by atoms with Gasteiger partial charge in [0.1, 0.15) is 5.82 Å². The van der Waals surface area contributed by atoms with Crippen molar-refractivity contribution < 1.29 is 19.1 Å². The Kier molecular flexibility index (Phi) is 3.76. The van der Waals surface area contributed by atoms with Crippen molar-refractivity contribution in [1.29, 1.82) is 0 Å². The standard InChI is InChI=1S/C14H17FN2O3/c1-14(6-2-3-11(14)16)13(20)17-10-5-4-8(12(18)19)7-9(10)15/h4-5,7,11H,2-3,6,16H2,1H3,(H,17,20)(H,18,19). The summed E-state index contributed by atoms with van der Waals surface area (Å²) in [5.74, 6) is -2.32. The molecule has 1 amide bonds. The summed E-state index contributed by atoms with van der Waals surface area (Å²) in [6.07, 6.45) is 2.30. The first-order valence-corrected chi connectivity index (χ1v) is 6.44. The lowest BCUT2D eigenvalue weighted by Gasteiger charge is -2.27. The van der Waals surface area contributed by atoms with Crippen LogP contribution in [0.4, 0.5) is 10.1 Å². The van der Waals surface area contributed by atoms with Crippen molar-refractivity contribution in [3.05, 3.63) is 29.6 Å². The molecule has 20 heavy (non-hydrogen) atoms. The van der Waals surface area contributed by atoms with Crippen LogP contribution in [0.2, 0.25) is 0 Å². The number of halogens is 1. The minimum atomic E-state index is -1.22. The zero-order valence-electron chi connectivity index (χ0n) is 11.1. The van der Waals surface area contributed by atoms with Gasteiger partial charge in [-0.1, -0.05) is 6.42 Å². The fraction of sp³-hybridized carbons (Fsp3) is 0.429. The van der Waals surface area contributed by atoms with Crippen molar-refractivity contribution in [2.24, 2.45) is 11.1 Å². The van der Waals surface area contributed by atoms with Gasteiger partial charge in [0.15, 0.2) is 0 Å². The molecule has 0 bridgehead atoms. The van der Waals surface area contributed by atoms with E-state index in [1.54, 1.807) is 6.92 Å². The van der Waals surface area contributed by atoms with E-state index in [0.717, 1.165) is 18.9 Å². The van der Waals surface area contributed by atoms with Crippen LogP contribution in [0.15, 0.2) is 18.2 Å². The highest BCUT2D eigenvalue weighted by Gasteiger charge is 2.43. The molecule has 0 spiro atoms. The number of carboxylic acid groups (broad SMARTS) is 1. The van der Waals surface area contributed by atoms with Gasteiger partial charge in [0.25, 0.3) is 0 Å². The van der Waals surface area contributed by atoms with E-state index in [9.17, 15) is 14.0 Å². The Bertz CT molecular complexity index is 561. The van der Waals surface area contributed by atoms with E-state index in [0.29, 0.717) is 6.42 Å². The second kappa shape index (κ2) is 5.20. The second-order valence-electron chi connectivity index (χ2n) is 5.37. The fourth-order valence-electron chi connectivity index (χ4n) is 2.49. The summed E-state index contributed by atoms with van der Waals surface area (Å²) in [4.78, 5) is 23.0. The molecule has 0 aromatic heterocycles. The number of hydrogen-bond acceptors (Lipinski definition) is 3. The normalized spacial score (nSPS) is 25.4. The highest BCUT2D eigenvalue weighted by atomic mass is 19.1. The maximum atomic E-state index is 13.8. The number of carbonyl (C=O) groups excluding carboxylic acids is 1. The summed E-state index contributed by atoms with van der Waals surface area (Å²) >= 11 is 0. The maximum Gasteiger partial charge on any atom is 0.335 e. The second-order valence-corrected chi connectivity index (χ2v) is 5.37. The quantitative estimate of drug-likeness (QED) is 0.789. The molecule has 0 heterocycles. The van der Waals surface area contributed by atoms with Crippen LogP contribution in [0.3, 0.4) is 0 Å². The average Bonchev–Trinajstić information content (AvgIpc) is 2.73. The van der Waals surface area contributed by atoms with Crippen molar-refractivity contribution in [2.45, 2.75) is 32.2 Å². The zero-order valence-corrected chi connectivity index (χ0v) is 11.1. The predicted octanol–water partition coefficient (Wildman–Crippen LogP) is 1.98. The Morgan fingerprint density at radius 3 is 2.70 bits per heavy atom. The van der Waals surface area contributed by atoms with Crippen LogP contribution in [0.5, 0.6) is 0 Å². The smallest absolute Gasteiger partial charge is 0.335 e. The van der Waals surface area contributed by atoms with E-state index in [2.05, 4.69) is 5.32 Å². The SMILES string of the molecule is CC1(C(=O)Nc2ccc(C(=O)O)cc2F)CCCC1N. The van der Waals surface area contributed by atoms with Crippen molar-refractivity contribution in [1.82, 2.24) is 0 Å². The van der Waals surface area contributed by atoms with Gasteiger partial charge >= 0.3 is 5.97 Å². The number of carbonyl (C=O) groups is 2. The molecular formula is C14H17FN2O3. The Morgan fingerprint density at radius 2 is 2.20 bits per heavy atom. The van der Waals surface area contributed by atoms with Gasteiger partial charge in [-0.05, 0) is 38.0 Å². The molecule has 2 rings (SSSR count). The third-order valence-corrected chi connectivity index (χ3v) is 4.01. The molecule has 1 saturated carbocycles. The van der Waals surface area contributed by atoms with Crippen molar-refractivity contribution >= 4 is 17.6 Å². The van der Waals surface area contributed by atoms with Gasteiger partial charge in [-0.2, -0.15) is 0 Å². The lowest BCUT2D eigenvalue weighted by Crippen LogP contribution is -2.44. The molecule has 1 aliphatic rings. The van der Waals surface area contributed by atoms with Gasteiger partial charge < -0.3 is 16.2 Å². The molecule has 2 atom stereocenters. The van der Waals surface area contributed by atoms with Crippen LogP contribution in [0, 0.1) is 11.2 Å². The zero-order chi connectivity index (χ0) is 14.9. The Morgan fingerprint density at radius 1 is 1.50 bits per heavy atom. The van der Waals surface area contributed by atoms with Crippen LogP contribution < -0.4 is 11.1 Å². The van der Waals surface area contributed by atoms with Crippen LogP contribution in [-0.2, 0) is 4.79 Å². The van der Waals surface area contributed by atoms with Gasteiger partial charge in [0.05, 0.1) is 16.7 Å². The summed E-state index contributed by atoms with van der Waals surface area (Å²) in [7, 11) is 0. The summed E-state index contributed by atoms with van der Waals surface area (Å²) in [6.45, 7) is 1.77. The average molecular weight is 280 g/mol. The van der Waals surface area contributed by atoms with Crippen molar-refractivity contribution in [3.8, 4) is 0 Å². The first kappa shape index (κ1) is 14.5. The number of benzene rings is 1. The van der Waals surface area contributed by atoms with E-state index >= 15 is 0 Å². The number of anilines is 1. The maximum absolute atomic E-state index is 13.8. The highest BCUT2D eigenvalue weighted by Crippen LogP contribution is 2.37. The molecule has 2 unspecified atom stereocenters. The lowest BCUT2D eigenvalue weighted by atomic mass is 9.84. The highest BCUT2D eigenvalue weighted by molar-refractivity contribution is 5.96. The van der Waals surface area contributed by atoms with Crippen molar-refractivity contribution in [2.75, 3.05) is 5.32 Å². The number of nitrogens with two attached hydrogens (primary N) is 1. The lowest BCUT2D eigenvalue weighted by molar-refractivity contribution is -0.125. The summed E-state index contributed by atoms with van der Waals surface area (Å²) in [6, 6.07) is 3.14. The minimum Gasteiger partial charge on any atom is -0.478 e. The number of hydrogen-bond donors (Lipinski definition) is 3. The Hall–Kier alpha value is -1.95. The van der Waals surface area contributed by atoms with E-state index < -0.39 is 17.2 Å². The molecule has 108 valence electrons. The van der Waals surface area contributed by atoms with Crippen LogP contribution in [0.25, 0.3) is 0 Å². The molecule has 1 aliphatic carbocycles. The number of nitrogens with one attached hydrogen (secondary N) is 1. The Balaban J connectivity index is 2.18. The molecule has 4 N–H and O–H groups in total. The van der Waals surface area contributed by atoms with Gasteiger partial charge in [0.2, 0.25) is 5.91 Å². The predicted molar refractivity (Wildman–Crippen MR) is 71.9 cm³/mol. The third-order valence-electron chi connectivity index (χ3n) is 4.01. The minimum absolute atomic E-state index is 0.0275. The molecule has 1 fully saturated rings. The molecule has 0 aliphatic heterocycles. The molecular weight excluding hydrogens is 263 g/mol. The molecule has 5 nitrogen and oxygen atoms in total. The van der Waals surface area contributed by atoms with Gasteiger partial charge in [-0.3, -0.25) is 4.79 Å². The number of carboxylic acids is 1. The van der Waals surface area contributed by atoms with Gasteiger partial charge in [0, 0.05) is 6.04 Å². The van der Waals surface area contributed by atoms with E-state index in [1.165, 1.54) is 12.1 Å². The number of amides is 1. The topological polar surface area (TPSA) is 92.4 Å². The van der Waals surface area contributed by atoms with Crippen molar-refractivity contribution in [3.63, 3.8) is 0 Å². The largest absolute Gasteiger partial charge is 0.478 e. The summed E-state index contributed by atoms with van der Waals surface area (Å²) < 4.78 is 13.8. The fourth-order valence-corrected chi connectivity index (χ4v) is 2.49. The third kappa shape index (κ3) is 2.51. The monoisotopic (exact) mass is 280 g/mol. The van der Waals surface area contributed by atoms with Gasteiger partial charge in [-0.25, -0.2) is 9.18 Å². The molecule has 1 aromatic rings. The molecule has 0 saturated heterocycles. The van der Waals surface area contributed by atoms with E-state index in [4.69, 9.17) is 10.8 Å².